The summed E-state index contributed by atoms with van der Waals surface area (Å²) >= 11 is 0. The van der Waals surface area contributed by atoms with E-state index >= 15 is 0 Å². The third-order valence-electron chi connectivity index (χ3n) is 15.0. The van der Waals surface area contributed by atoms with Gasteiger partial charge < -0.3 is 34.3 Å². The number of phenols is 3. The quantitative estimate of drug-likeness (QED) is 0.0259. The number of carbonyl (C=O) groups is 6. The Labute approximate surface area is 542 Å². The van der Waals surface area contributed by atoms with Crippen LogP contribution in [-0.4, -0.2) is 63.0 Å². The van der Waals surface area contributed by atoms with Gasteiger partial charge in [0.05, 0.1) is 25.7 Å². The number of carbonyl (C=O) groups excluding carboxylic acids is 6. The summed E-state index contributed by atoms with van der Waals surface area (Å²) in [6.07, 6.45) is 32.6. The fourth-order valence-electron chi connectivity index (χ4n) is 10.1. The maximum absolute atomic E-state index is 13.2. The number of phenolic OH excluding ortho intramolecular Hbond substituents is 3. The van der Waals surface area contributed by atoms with Crippen LogP contribution in [0.5, 0.6) is 28.7 Å². The molecule has 92 heavy (non-hydrogen) atoms. The molecular weight excluding hydrogens is 1160 g/mol. The minimum absolute atomic E-state index is 0.0423. The minimum atomic E-state index is -0.926. The van der Waals surface area contributed by atoms with E-state index in [2.05, 4.69) is 13.2 Å². The largest absolute Gasteiger partial charge is 0.508 e. The van der Waals surface area contributed by atoms with Gasteiger partial charge in [0.1, 0.15) is 28.7 Å². The second-order valence-electron chi connectivity index (χ2n) is 24.1. The number of hydrogen-bond donors (Lipinski definition) is 3. The molecule has 6 rings (SSSR count). The van der Waals surface area contributed by atoms with Gasteiger partial charge in [-0.1, -0.05) is 203 Å². The Bertz CT molecular complexity index is 3740. The molecule has 0 heterocycles. The lowest BCUT2D eigenvalue weighted by Crippen LogP contribution is -2.39. The molecule has 0 fully saturated rings. The van der Waals surface area contributed by atoms with E-state index in [1.807, 2.05) is 153 Å². The molecule has 3 N–H and O–H groups in total. The van der Waals surface area contributed by atoms with Gasteiger partial charge in [0.15, 0.2) is 23.8 Å². The molecule has 0 spiro atoms. The number of hydrogen-bond acceptors (Lipinski definition) is 13. The number of ether oxygens (including phenoxy) is 4. The topological polar surface area (TPSA) is 200 Å². The zero-order chi connectivity index (χ0) is 67.7. The molecule has 2 unspecified atom stereocenters. The lowest BCUT2D eigenvalue weighted by Gasteiger charge is -2.36. The summed E-state index contributed by atoms with van der Waals surface area (Å²) in [5.41, 5.74) is 10.5. The van der Waals surface area contributed by atoms with Crippen molar-refractivity contribution in [1.82, 2.24) is 0 Å². The fourth-order valence-corrected chi connectivity index (χ4v) is 10.1. The summed E-state index contributed by atoms with van der Waals surface area (Å²) in [5.74, 6) is -2.09. The van der Waals surface area contributed by atoms with Crippen molar-refractivity contribution in [2.45, 2.75) is 127 Å². The Morgan fingerprint density at radius 3 is 1.26 bits per heavy atom. The number of ketones is 2. The average molecular weight is 1240 g/mol. The standard InChI is InChI=1S/C44H48O7.C35H38O6/c1-8-30(2)12-9-10-13-31(3)14-11-15-32(4)16-23-39-33(5)43(49)40(29-44(39,6)7)51-42(48)25-24-41(47)50-38-21-19-34(20-22-38)17-18-35-26-36(45)28-37(46)27-35;1-7-8-23(2)9-16-30-25(4)34(39)31(22-35(30,5)6)41-33(38)18-17-32(37)40-29-14-12-26(13-15-29)10-11-27-19-24(3)20-28(36)21-27/h8-23,26-28,40,45-46H,1,24-25,29H2,2-7H3;7-16,19-21,31,36H,1,17-18,22H2,2-6H3/b10-9+,14-11+,18-17+,23-16+,30-12+,31-13+,32-15+;11-10+,16-9+,23-8+. The van der Waals surface area contributed by atoms with Crippen LogP contribution in [0.15, 0.2) is 228 Å². The zero-order valence-corrected chi connectivity index (χ0v) is 54.7. The summed E-state index contributed by atoms with van der Waals surface area (Å²) in [6, 6.07) is 23.3. The van der Waals surface area contributed by atoms with Gasteiger partial charge in [-0.2, -0.15) is 0 Å². The minimum Gasteiger partial charge on any atom is -0.508 e. The van der Waals surface area contributed by atoms with Crippen LogP contribution in [0.2, 0.25) is 0 Å². The number of aryl methyl sites for hydroxylation is 1. The number of aromatic hydroxyl groups is 3. The van der Waals surface area contributed by atoms with E-state index in [0.717, 1.165) is 55.7 Å². The second kappa shape index (κ2) is 34.7. The first-order valence-corrected chi connectivity index (χ1v) is 30.4. The molecule has 480 valence electrons. The van der Waals surface area contributed by atoms with Crippen molar-refractivity contribution in [3.8, 4) is 28.7 Å². The van der Waals surface area contributed by atoms with Crippen LogP contribution in [-0.2, 0) is 38.2 Å². The maximum atomic E-state index is 13.2. The van der Waals surface area contributed by atoms with Crippen LogP contribution < -0.4 is 9.47 Å². The van der Waals surface area contributed by atoms with E-state index < -0.39 is 41.5 Å². The van der Waals surface area contributed by atoms with Crippen molar-refractivity contribution in [2.75, 3.05) is 0 Å². The van der Waals surface area contributed by atoms with Crippen LogP contribution in [0, 0.1) is 17.8 Å². The smallest absolute Gasteiger partial charge is 0.311 e. The number of allylic oxidation sites excluding steroid dienone is 20. The molecule has 13 heteroatoms. The van der Waals surface area contributed by atoms with Crippen molar-refractivity contribution < 1.29 is 63.0 Å². The van der Waals surface area contributed by atoms with E-state index in [9.17, 15) is 44.1 Å². The van der Waals surface area contributed by atoms with Gasteiger partial charge in [-0.3, -0.25) is 28.8 Å². The van der Waals surface area contributed by atoms with Crippen molar-refractivity contribution in [1.29, 1.82) is 0 Å². The first-order valence-electron chi connectivity index (χ1n) is 30.4. The molecular formula is C79H86O13. The van der Waals surface area contributed by atoms with Crippen molar-refractivity contribution in [3.63, 3.8) is 0 Å². The van der Waals surface area contributed by atoms with E-state index in [1.54, 1.807) is 98.8 Å². The van der Waals surface area contributed by atoms with Crippen LogP contribution in [0.3, 0.4) is 0 Å². The third-order valence-corrected chi connectivity index (χ3v) is 15.0. The van der Waals surface area contributed by atoms with Crippen molar-refractivity contribution >= 4 is 59.7 Å². The van der Waals surface area contributed by atoms with Crippen molar-refractivity contribution in [2.24, 2.45) is 10.8 Å². The molecule has 0 aromatic heterocycles. The first-order chi connectivity index (χ1) is 43.5. The number of benzene rings is 4. The van der Waals surface area contributed by atoms with Gasteiger partial charge in [-0.05, 0) is 158 Å². The Kier molecular flexibility index (Phi) is 27.4. The highest BCUT2D eigenvalue weighted by atomic mass is 16.6. The molecule has 2 aliphatic rings. The highest BCUT2D eigenvalue weighted by Crippen LogP contribution is 2.42. The Morgan fingerprint density at radius 2 is 0.837 bits per heavy atom. The maximum Gasteiger partial charge on any atom is 0.311 e. The predicted octanol–water partition coefficient (Wildman–Crippen LogP) is 17.3. The molecule has 13 nitrogen and oxygen atoms in total. The Hall–Kier alpha value is -10.1. The van der Waals surface area contributed by atoms with Crippen LogP contribution in [0.25, 0.3) is 24.3 Å². The van der Waals surface area contributed by atoms with Gasteiger partial charge in [0, 0.05) is 18.9 Å². The number of rotatable bonds is 24. The SMILES string of the molecule is C=C/C(C)=C/C=C/C=C(C)/C=C/C=C(C)/C=C/C1=C(C)C(=O)C(OC(=O)CCC(=O)Oc2ccc(/C=C/c3cc(O)cc(O)c3)cc2)CC1(C)C.C=C/C=C(C)/C=C/C1=C(C)C(=O)C(OC(=O)CCC(=O)Oc2ccc(/C=C/c3cc(C)cc(O)c3)cc2)CC1(C)C. The summed E-state index contributed by atoms with van der Waals surface area (Å²) in [5, 5.41) is 29.0. The lowest BCUT2D eigenvalue weighted by molar-refractivity contribution is -0.157. The van der Waals surface area contributed by atoms with Crippen LogP contribution >= 0.6 is 0 Å². The highest BCUT2D eigenvalue weighted by Gasteiger charge is 2.41. The number of esters is 4. The molecule has 2 aliphatic carbocycles. The molecule has 2 atom stereocenters. The van der Waals surface area contributed by atoms with Crippen LogP contribution in [0.4, 0.5) is 0 Å². The normalized spacial score (nSPS) is 17.2. The molecule has 0 aliphatic heterocycles. The molecule has 0 saturated heterocycles. The highest BCUT2D eigenvalue weighted by molar-refractivity contribution is 6.02. The molecule has 0 bridgehead atoms. The molecule has 4 aromatic carbocycles. The fraction of sp³-hybridized carbons (Fsp3) is 0.266. The Morgan fingerprint density at radius 1 is 0.467 bits per heavy atom. The predicted molar refractivity (Wildman–Crippen MR) is 367 cm³/mol. The van der Waals surface area contributed by atoms with Gasteiger partial charge >= 0.3 is 23.9 Å². The third kappa shape index (κ3) is 24.0. The van der Waals surface area contributed by atoms with E-state index in [-0.39, 0.29) is 59.9 Å². The average Bonchev–Trinajstić information content (AvgIpc) is 0.806. The van der Waals surface area contributed by atoms with Crippen molar-refractivity contribution in [3.05, 3.63) is 256 Å². The lowest BCUT2D eigenvalue weighted by atomic mass is 9.71. The number of Topliss-reactive ketones (excluding diaryl/α,β-unsaturated/α-hetero) is 2. The van der Waals surface area contributed by atoms with E-state index in [1.165, 1.54) is 18.2 Å². The zero-order valence-electron chi connectivity index (χ0n) is 54.7. The molecule has 4 aromatic rings. The van der Waals surface area contributed by atoms with Gasteiger partial charge in [0.2, 0.25) is 0 Å². The molecule has 0 amide bonds. The van der Waals surface area contributed by atoms with Gasteiger partial charge in [-0.25, -0.2) is 0 Å². The first kappa shape index (κ1) is 72.6. The second-order valence-corrected chi connectivity index (χ2v) is 24.1. The van der Waals surface area contributed by atoms with Gasteiger partial charge in [0.25, 0.3) is 0 Å². The monoisotopic (exact) mass is 1240 g/mol. The van der Waals surface area contributed by atoms with E-state index in [4.69, 9.17) is 18.9 Å². The van der Waals surface area contributed by atoms with Crippen LogP contribution in [0.1, 0.15) is 136 Å². The summed E-state index contributed by atoms with van der Waals surface area (Å²) < 4.78 is 21.8. The summed E-state index contributed by atoms with van der Waals surface area (Å²) in [7, 11) is 0. The Balaban J connectivity index is 0.000000342. The summed E-state index contributed by atoms with van der Waals surface area (Å²) in [4.78, 5) is 76.2. The molecule has 0 saturated carbocycles. The summed E-state index contributed by atoms with van der Waals surface area (Å²) in [6.45, 7) is 28.9. The molecule has 0 radical (unpaired) electrons. The van der Waals surface area contributed by atoms with Gasteiger partial charge in [-0.15, -0.1) is 0 Å². The van der Waals surface area contributed by atoms with E-state index in [0.29, 0.717) is 41.1 Å².